The molecule has 17 heavy (non-hydrogen) atoms. The largest absolute Gasteiger partial charge is 0.444 e. The summed E-state index contributed by atoms with van der Waals surface area (Å²) in [5.74, 6) is 0. The molecule has 0 aromatic heterocycles. The number of carbonyl (C=O) groups excluding carboxylic acids is 1. The lowest BCUT2D eigenvalue weighted by Gasteiger charge is -2.34. The van der Waals surface area contributed by atoms with Gasteiger partial charge in [-0.25, -0.2) is 4.79 Å². The molecule has 0 bridgehead atoms. The number of nitrogens with one attached hydrogen (secondary N) is 1. The van der Waals surface area contributed by atoms with Crippen molar-refractivity contribution in [3.8, 4) is 0 Å². The first-order valence-corrected chi connectivity index (χ1v) is 6.09. The minimum absolute atomic E-state index is 0.0299. The van der Waals surface area contributed by atoms with Crippen molar-refractivity contribution in [1.29, 1.82) is 0 Å². The van der Waals surface area contributed by atoms with E-state index in [1.54, 1.807) is 7.11 Å². The summed E-state index contributed by atoms with van der Waals surface area (Å²) < 4.78 is 10.6. The van der Waals surface area contributed by atoms with Crippen LogP contribution in [0.15, 0.2) is 0 Å². The second-order valence-electron chi connectivity index (χ2n) is 5.60. The van der Waals surface area contributed by atoms with Gasteiger partial charge >= 0.3 is 6.09 Å². The number of nitrogens with two attached hydrogens (primary N) is 1. The summed E-state index contributed by atoms with van der Waals surface area (Å²) in [7, 11) is 1.66. The Kier molecular flexibility index (Phi) is 4.77. The predicted octanol–water partition coefficient (Wildman–Crippen LogP) is 1.41. The Morgan fingerprint density at radius 2 is 2.00 bits per heavy atom. The van der Waals surface area contributed by atoms with Crippen LogP contribution in [0.25, 0.3) is 0 Å². The van der Waals surface area contributed by atoms with Crippen molar-refractivity contribution in [2.75, 3.05) is 7.11 Å². The average Bonchev–Trinajstić information content (AvgIpc) is 2.14. The first kappa shape index (κ1) is 14.3. The summed E-state index contributed by atoms with van der Waals surface area (Å²) in [6.45, 7) is 5.52. The first-order chi connectivity index (χ1) is 7.81. The van der Waals surface area contributed by atoms with Crippen LogP contribution in [0.5, 0.6) is 0 Å². The number of rotatable bonds is 2. The van der Waals surface area contributed by atoms with Crippen molar-refractivity contribution < 1.29 is 14.3 Å². The van der Waals surface area contributed by atoms with Crippen LogP contribution < -0.4 is 11.1 Å². The summed E-state index contributed by atoms with van der Waals surface area (Å²) >= 11 is 0. The van der Waals surface area contributed by atoms with Crippen molar-refractivity contribution in [2.24, 2.45) is 5.73 Å². The predicted molar refractivity (Wildman–Crippen MR) is 65.8 cm³/mol. The molecule has 1 saturated carbocycles. The normalized spacial score (nSPS) is 29.8. The number of hydrogen-bond acceptors (Lipinski definition) is 4. The van der Waals surface area contributed by atoms with Gasteiger partial charge in [0.05, 0.1) is 12.1 Å². The van der Waals surface area contributed by atoms with E-state index in [9.17, 15) is 4.79 Å². The SMILES string of the molecule is CO[C@H]1CC[C@H](N)C[C@@H]1NC(=O)OC(C)(C)C. The molecule has 0 radical (unpaired) electrons. The van der Waals surface area contributed by atoms with Crippen molar-refractivity contribution >= 4 is 6.09 Å². The Bertz CT molecular complexity index is 263. The molecule has 0 spiro atoms. The number of methoxy groups -OCH3 is 1. The van der Waals surface area contributed by atoms with E-state index in [2.05, 4.69) is 5.32 Å². The van der Waals surface area contributed by atoms with Gasteiger partial charge in [-0.2, -0.15) is 0 Å². The highest BCUT2D eigenvalue weighted by atomic mass is 16.6. The maximum absolute atomic E-state index is 11.7. The van der Waals surface area contributed by atoms with Crippen LogP contribution in [0.3, 0.4) is 0 Å². The number of amides is 1. The fraction of sp³-hybridized carbons (Fsp3) is 0.917. The summed E-state index contributed by atoms with van der Waals surface area (Å²) in [6, 6.07) is 0.0694. The summed E-state index contributed by atoms with van der Waals surface area (Å²) in [5, 5.41) is 2.84. The Morgan fingerprint density at radius 1 is 1.35 bits per heavy atom. The Hall–Kier alpha value is -0.810. The van der Waals surface area contributed by atoms with Gasteiger partial charge in [-0.15, -0.1) is 0 Å². The van der Waals surface area contributed by atoms with E-state index in [0.29, 0.717) is 0 Å². The number of ether oxygens (including phenoxy) is 2. The topological polar surface area (TPSA) is 73.6 Å². The second kappa shape index (κ2) is 5.69. The standard InChI is InChI=1S/C12H24N2O3/c1-12(2,3)17-11(15)14-9-7-8(13)5-6-10(9)16-4/h8-10H,5-7,13H2,1-4H3,(H,14,15)/t8-,9-,10-/m0/s1. The highest BCUT2D eigenvalue weighted by Gasteiger charge is 2.31. The van der Waals surface area contributed by atoms with E-state index in [1.165, 1.54) is 0 Å². The summed E-state index contributed by atoms with van der Waals surface area (Å²) in [6.07, 6.45) is 2.17. The first-order valence-electron chi connectivity index (χ1n) is 6.09. The molecule has 0 heterocycles. The molecule has 0 saturated heterocycles. The van der Waals surface area contributed by atoms with Crippen LogP contribution in [-0.4, -0.2) is 37.0 Å². The maximum atomic E-state index is 11.7. The molecule has 3 atom stereocenters. The Morgan fingerprint density at radius 3 is 2.53 bits per heavy atom. The van der Waals surface area contributed by atoms with Gasteiger partial charge in [0.2, 0.25) is 0 Å². The van der Waals surface area contributed by atoms with Crippen LogP contribution in [0, 0.1) is 0 Å². The summed E-state index contributed by atoms with van der Waals surface area (Å²) in [4.78, 5) is 11.7. The van der Waals surface area contributed by atoms with Crippen LogP contribution in [-0.2, 0) is 9.47 Å². The molecule has 0 aliphatic heterocycles. The smallest absolute Gasteiger partial charge is 0.407 e. The summed E-state index contributed by atoms with van der Waals surface area (Å²) in [5.41, 5.74) is 5.41. The van der Waals surface area contributed by atoms with Gasteiger partial charge in [-0.3, -0.25) is 0 Å². The maximum Gasteiger partial charge on any atom is 0.407 e. The van der Waals surface area contributed by atoms with Crippen molar-refractivity contribution in [2.45, 2.75) is 63.8 Å². The van der Waals surface area contributed by atoms with Crippen LogP contribution in [0.1, 0.15) is 40.0 Å². The third kappa shape index (κ3) is 4.91. The molecular formula is C12H24N2O3. The van der Waals surface area contributed by atoms with Gasteiger partial charge in [0.25, 0.3) is 0 Å². The molecule has 5 nitrogen and oxygen atoms in total. The van der Waals surface area contributed by atoms with E-state index < -0.39 is 11.7 Å². The van der Waals surface area contributed by atoms with Crippen molar-refractivity contribution in [3.63, 3.8) is 0 Å². The zero-order chi connectivity index (χ0) is 13.1. The van der Waals surface area contributed by atoms with Crippen molar-refractivity contribution in [3.05, 3.63) is 0 Å². The molecule has 1 fully saturated rings. The van der Waals surface area contributed by atoms with Gasteiger partial charge in [0.1, 0.15) is 5.60 Å². The van der Waals surface area contributed by atoms with E-state index in [4.69, 9.17) is 15.2 Å². The van der Waals surface area contributed by atoms with Crippen molar-refractivity contribution in [1.82, 2.24) is 5.32 Å². The molecule has 5 heteroatoms. The molecule has 0 unspecified atom stereocenters. The van der Waals surface area contributed by atoms with Crippen LogP contribution in [0.4, 0.5) is 4.79 Å². The Balaban J connectivity index is 2.49. The number of hydrogen-bond donors (Lipinski definition) is 2. The highest BCUT2D eigenvalue weighted by Crippen LogP contribution is 2.20. The lowest BCUT2D eigenvalue weighted by molar-refractivity contribution is 0.0186. The fourth-order valence-electron chi connectivity index (χ4n) is 2.07. The highest BCUT2D eigenvalue weighted by molar-refractivity contribution is 5.68. The van der Waals surface area contributed by atoms with E-state index in [-0.39, 0.29) is 18.2 Å². The monoisotopic (exact) mass is 244 g/mol. The zero-order valence-electron chi connectivity index (χ0n) is 11.2. The zero-order valence-corrected chi connectivity index (χ0v) is 11.2. The van der Waals surface area contributed by atoms with Gasteiger partial charge in [-0.1, -0.05) is 0 Å². The van der Waals surface area contributed by atoms with Gasteiger partial charge in [0, 0.05) is 13.2 Å². The molecule has 0 aromatic rings. The van der Waals surface area contributed by atoms with E-state index >= 15 is 0 Å². The van der Waals surface area contributed by atoms with E-state index in [0.717, 1.165) is 19.3 Å². The molecule has 100 valence electrons. The third-order valence-electron chi connectivity index (χ3n) is 2.83. The molecule has 3 N–H and O–H groups in total. The molecule has 0 aromatic carbocycles. The van der Waals surface area contributed by atoms with E-state index in [1.807, 2.05) is 20.8 Å². The quantitative estimate of drug-likeness (QED) is 0.770. The molecule has 1 aliphatic carbocycles. The Labute approximate surface area is 103 Å². The van der Waals surface area contributed by atoms with Gasteiger partial charge in [0.15, 0.2) is 0 Å². The average molecular weight is 244 g/mol. The fourth-order valence-corrected chi connectivity index (χ4v) is 2.07. The second-order valence-corrected chi connectivity index (χ2v) is 5.60. The minimum atomic E-state index is -0.483. The molecule has 1 aliphatic rings. The number of carbonyl (C=O) groups is 1. The molecule has 1 rings (SSSR count). The molecule has 1 amide bonds. The molecular weight excluding hydrogens is 220 g/mol. The van der Waals surface area contributed by atoms with Crippen LogP contribution in [0.2, 0.25) is 0 Å². The lowest BCUT2D eigenvalue weighted by Crippen LogP contribution is -2.51. The third-order valence-corrected chi connectivity index (χ3v) is 2.83. The minimum Gasteiger partial charge on any atom is -0.444 e. The van der Waals surface area contributed by atoms with Crippen LogP contribution >= 0.6 is 0 Å². The lowest BCUT2D eigenvalue weighted by atomic mass is 9.89. The van der Waals surface area contributed by atoms with Gasteiger partial charge in [-0.05, 0) is 40.0 Å². The van der Waals surface area contributed by atoms with Gasteiger partial charge < -0.3 is 20.5 Å². The number of alkyl carbamates (subject to hydrolysis) is 1.